The number of piperidine rings is 1. The lowest BCUT2D eigenvalue weighted by Crippen LogP contribution is -2.32. The minimum absolute atomic E-state index is 0.137. The van der Waals surface area contributed by atoms with Crippen LogP contribution in [0.3, 0.4) is 0 Å². The fraction of sp³-hybridized carbons (Fsp3) is 0.500. The third kappa shape index (κ3) is 2.75. The Bertz CT molecular complexity index is 673. The maximum atomic E-state index is 13.5. The fourth-order valence-corrected chi connectivity index (χ4v) is 3.26. The van der Waals surface area contributed by atoms with E-state index in [9.17, 15) is 4.39 Å². The summed E-state index contributed by atoms with van der Waals surface area (Å²) in [5.41, 5.74) is 1.58. The molecule has 1 aliphatic rings. The first-order chi connectivity index (χ1) is 9.65. The summed E-state index contributed by atoms with van der Waals surface area (Å²) in [5.74, 6) is -0.418. The Morgan fingerprint density at radius 1 is 1.20 bits per heavy atom. The Balaban J connectivity index is 1.85. The summed E-state index contributed by atoms with van der Waals surface area (Å²) in [6.45, 7) is 4.09. The van der Waals surface area contributed by atoms with Gasteiger partial charge in [0.05, 0.1) is 16.1 Å². The Labute approximate surface area is 127 Å². The highest BCUT2D eigenvalue weighted by Crippen LogP contribution is 2.23. The topological polar surface area (TPSA) is 24.0 Å². The minimum atomic E-state index is -0.418. The molecule has 0 atom stereocenters. The Hall–Kier alpha value is -0.910. The number of imidazole rings is 1. The van der Waals surface area contributed by atoms with Gasteiger partial charge in [-0.3, -0.25) is 0 Å². The molecule has 20 heavy (non-hydrogen) atoms. The smallest absolute Gasteiger partial charge is 0.178 e. The van der Waals surface area contributed by atoms with E-state index in [1.54, 1.807) is 6.07 Å². The molecule has 1 aromatic heterocycles. The molecule has 1 saturated heterocycles. The molecule has 1 N–H and O–H groups in total. The maximum absolute atomic E-state index is 13.5. The van der Waals surface area contributed by atoms with E-state index in [-0.39, 0.29) is 5.02 Å². The van der Waals surface area contributed by atoms with Crippen molar-refractivity contribution in [3.8, 4) is 0 Å². The van der Waals surface area contributed by atoms with Crippen molar-refractivity contribution in [2.24, 2.45) is 0 Å². The number of benzene rings is 1. The predicted octanol–water partition coefficient (Wildman–Crippen LogP) is 3.98. The van der Waals surface area contributed by atoms with Crippen molar-refractivity contribution in [3.05, 3.63) is 27.7 Å². The molecule has 6 heteroatoms. The highest BCUT2D eigenvalue weighted by atomic mass is 35.5. The molecular weight excluding hydrogens is 297 g/mol. The van der Waals surface area contributed by atoms with Gasteiger partial charge in [-0.1, -0.05) is 18.0 Å². The highest BCUT2D eigenvalue weighted by molar-refractivity contribution is 7.71. The zero-order valence-electron chi connectivity index (χ0n) is 11.2. The van der Waals surface area contributed by atoms with Gasteiger partial charge in [0.25, 0.3) is 0 Å². The van der Waals surface area contributed by atoms with Crippen molar-refractivity contribution in [2.75, 3.05) is 19.6 Å². The van der Waals surface area contributed by atoms with Gasteiger partial charge in [0.2, 0.25) is 0 Å². The van der Waals surface area contributed by atoms with Crippen LogP contribution >= 0.6 is 23.8 Å². The van der Waals surface area contributed by atoms with Gasteiger partial charge < -0.3 is 14.5 Å². The molecule has 0 saturated carbocycles. The number of hydrogen-bond acceptors (Lipinski definition) is 2. The monoisotopic (exact) mass is 313 g/mol. The van der Waals surface area contributed by atoms with Gasteiger partial charge in [0.15, 0.2) is 4.77 Å². The van der Waals surface area contributed by atoms with Crippen LogP contribution < -0.4 is 0 Å². The summed E-state index contributed by atoms with van der Waals surface area (Å²) in [4.78, 5) is 5.50. The first kappa shape index (κ1) is 14.0. The molecule has 0 aliphatic carbocycles. The summed E-state index contributed by atoms with van der Waals surface area (Å²) in [7, 11) is 0. The third-order valence-electron chi connectivity index (χ3n) is 3.90. The zero-order valence-corrected chi connectivity index (χ0v) is 12.7. The molecule has 2 aromatic rings. The standard InChI is InChI=1S/C14H17ClFN3S/c15-10-8-13-12(9-11(10)16)17-14(20)19(13)7-6-18-4-2-1-3-5-18/h8-9H,1-7H2,(H,17,20). The van der Waals surface area contributed by atoms with Crippen LogP contribution in [0.1, 0.15) is 19.3 Å². The number of nitrogens with one attached hydrogen (secondary N) is 1. The van der Waals surface area contributed by atoms with E-state index in [1.165, 1.54) is 25.3 Å². The molecule has 0 bridgehead atoms. The van der Waals surface area contributed by atoms with E-state index < -0.39 is 5.82 Å². The van der Waals surface area contributed by atoms with Gasteiger partial charge in [-0.15, -0.1) is 0 Å². The molecule has 2 heterocycles. The van der Waals surface area contributed by atoms with Gasteiger partial charge in [-0.25, -0.2) is 4.39 Å². The molecule has 0 unspecified atom stereocenters. The number of fused-ring (bicyclic) bond motifs is 1. The summed E-state index contributed by atoms with van der Waals surface area (Å²) in [5, 5.41) is 0.137. The van der Waals surface area contributed by atoms with E-state index >= 15 is 0 Å². The zero-order chi connectivity index (χ0) is 14.1. The Kier molecular flexibility index (Phi) is 4.10. The average Bonchev–Trinajstić information content (AvgIpc) is 2.73. The molecule has 0 amide bonds. The van der Waals surface area contributed by atoms with Gasteiger partial charge in [0.1, 0.15) is 5.82 Å². The summed E-state index contributed by atoms with van der Waals surface area (Å²) >= 11 is 11.2. The van der Waals surface area contributed by atoms with E-state index in [4.69, 9.17) is 23.8 Å². The number of H-pyrrole nitrogens is 1. The van der Waals surface area contributed by atoms with Crippen LogP contribution in [-0.2, 0) is 6.54 Å². The largest absolute Gasteiger partial charge is 0.330 e. The van der Waals surface area contributed by atoms with Crippen LogP contribution in [0.2, 0.25) is 5.02 Å². The van der Waals surface area contributed by atoms with Crippen LogP contribution in [0, 0.1) is 10.6 Å². The van der Waals surface area contributed by atoms with Crippen molar-refractivity contribution >= 4 is 34.9 Å². The fourth-order valence-electron chi connectivity index (χ4n) is 2.80. The normalized spacial score (nSPS) is 16.9. The van der Waals surface area contributed by atoms with Gasteiger partial charge in [-0.2, -0.15) is 0 Å². The van der Waals surface area contributed by atoms with Crippen molar-refractivity contribution in [1.29, 1.82) is 0 Å². The number of likely N-dealkylation sites (tertiary alicyclic amines) is 1. The molecule has 3 nitrogen and oxygen atoms in total. The number of halogens is 2. The second-order valence-corrected chi connectivity index (χ2v) is 6.06. The Morgan fingerprint density at radius 2 is 1.95 bits per heavy atom. The van der Waals surface area contributed by atoms with Crippen LogP contribution in [0.4, 0.5) is 4.39 Å². The molecule has 1 aromatic carbocycles. The lowest BCUT2D eigenvalue weighted by Gasteiger charge is -2.26. The molecule has 1 fully saturated rings. The van der Waals surface area contributed by atoms with E-state index in [2.05, 4.69) is 9.88 Å². The van der Waals surface area contributed by atoms with Crippen LogP contribution in [-0.4, -0.2) is 34.1 Å². The summed E-state index contributed by atoms with van der Waals surface area (Å²) < 4.78 is 16.1. The Morgan fingerprint density at radius 3 is 2.70 bits per heavy atom. The number of hydrogen-bond donors (Lipinski definition) is 1. The number of rotatable bonds is 3. The van der Waals surface area contributed by atoms with E-state index in [0.29, 0.717) is 10.3 Å². The predicted molar refractivity (Wildman–Crippen MR) is 82.4 cm³/mol. The second kappa shape index (κ2) is 5.84. The van der Waals surface area contributed by atoms with Gasteiger partial charge in [-0.05, 0) is 44.2 Å². The SMILES string of the molecule is Fc1cc2[nH]c(=S)n(CCN3CCCCC3)c2cc1Cl. The van der Waals surface area contributed by atoms with Gasteiger partial charge >= 0.3 is 0 Å². The average molecular weight is 314 g/mol. The molecule has 108 valence electrons. The molecule has 0 radical (unpaired) electrons. The van der Waals surface area contributed by atoms with Crippen molar-refractivity contribution in [3.63, 3.8) is 0 Å². The summed E-state index contributed by atoms with van der Waals surface area (Å²) in [6.07, 6.45) is 3.88. The molecular formula is C14H17ClFN3S. The van der Waals surface area contributed by atoms with Crippen molar-refractivity contribution in [1.82, 2.24) is 14.5 Å². The maximum Gasteiger partial charge on any atom is 0.178 e. The summed E-state index contributed by atoms with van der Waals surface area (Å²) in [6, 6.07) is 3.06. The lowest BCUT2D eigenvalue weighted by atomic mass is 10.1. The number of nitrogens with zero attached hydrogens (tertiary/aromatic N) is 2. The van der Waals surface area contributed by atoms with Crippen LogP contribution in [0.15, 0.2) is 12.1 Å². The quantitative estimate of drug-likeness (QED) is 0.867. The first-order valence-electron chi connectivity index (χ1n) is 6.95. The van der Waals surface area contributed by atoms with E-state index in [0.717, 1.165) is 31.7 Å². The van der Waals surface area contributed by atoms with Crippen LogP contribution in [0.25, 0.3) is 11.0 Å². The van der Waals surface area contributed by atoms with E-state index in [1.807, 2.05) is 4.57 Å². The minimum Gasteiger partial charge on any atom is -0.330 e. The molecule has 0 spiro atoms. The van der Waals surface area contributed by atoms with Gasteiger partial charge in [0, 0.05) is 19.2 Å². The van der Waals surface area contributed by atoms with Crippen molar-refractivity contribution < 1.29 is 4.39 Å². The van der Waals surface area contributed by atoms with Crippen LogP contribution in [0.5, 0.6) is 0 Å². The lowest BCUT2D eigenvalue weighted by molar-refractivity contribution is 0.221. The molecule has 1 aliphatic heterocycles. The van der Waals surface area contributed by atoms with Crippen molar-refractivity contribution in [2.45, 2.75) is 25.8 Å². The third-order valence-corrected chi connectivity index (χ3v) is 4.52. The number of aromatic nitrogens is 2. The second-order valence-electron chi connectivity index (χ2n) is 5.27. The number of aromatic amines is 1. The highest BCUT2D eigenvalue weighted by Gasteiger charge is 2.12. The first-order valence-corrected chi connectivity index (χ1v) is 7.74. The molecule has 3 rings (SSSR count).